The normalized spacial score (nSPS) is 10.8. The van der Waals surface area contributed by atoms with Gasteiger partial charge < -0.3 is 4.74 Å². The van der Waals surface area contributed by atoms with E-state index in [4.69, 9.17) is 4.74 Å². The van der Waals surface area contributed by atoms with Crippen LogP contribution in [0.25, 0.3) is 16.7 Å². The molecule has 0 saturated heterocycles. The maximum atomic E-state index is 12.3. The van der Waals surface area contributed by atoms with Crippen molar-refractivity contribution in [2.75, 3.05) is 12.9 Å². The number of hydrazine groups is 1. The van der Waals surface area contributed by atoms with E-state index in [2.05, 4.69) is 38.9 Å². The minimum Gasteiger partial charge on any atom is -0.497 e. The summed E-state index contributed by atoms with van der Waals surface area (Å²) < 4.78 is 6.82. The number of benzene rings is 2. The van der Waals surface area contributed by atoms with Crippen LogP contribution in [0.2, 0.25) is 0 Å². The van der Waals surface area contributed by atoms with Crippen molar-refractivity contribution in [2.24, 2.45) is 0 Å². The molecule has 0 atom stereocenters. The molecule has 2 aromatic heterocycles. The molecule has 0 aliphatic carbocycles. The highest BCUT2D eigenvalue weighted by molar-refractivity contribution is 8.00. The number of nitrogens with zero attached hydrogens (tertiary/aromatic N) is 4. The average molecular weight is 463 g/mol. The van der Waals surface area contributed by atoms with E-state index in [-0.39, 0.29) is 11.7 Å². The average Bonchev–Trinajstić information content (AvgIpc) is 3.28. The molecule has 2 aromatic carbocycles. The van der Waals surface area contributed by atoms with Crippen molar-refractivity contribution >= 4 is 34.6 Å². The predicted molar refractivity (Wildman–Crippen MR) is 125 cm³/mol. The first-order valence-corrected chi connectivity index (χ1v) is 11.1. The minimum atomic E-state index is -0.421. The number of aromatic nitrogens is 4. The van der Waals surface area contributed by atoms with Gasteiger partial charge in [-0.25, -0.2) is 14.6 Å². The van der Waals surface area contributed by atoms with E-state index in [0.717, 1.165) is 16.6 Å². The van der Waals surface area contributed by atoms with Crippen molar-refractivity contribution in [3.05, 3.63) is 71.7 Å². The summed E-state index contributed by atoms with van der Waals surface area (Å²) in [5, 5.41) is 5.84. The molecule has 10 heteroatoms. The molecule has 0 unspecified atom stereocenters. The molecule has 4 aromatic rings. The number of amides is 2. The van der Waals surface area contributed by atoms with Gasteiger partial charge in [-0.15, -0.1) is 0 Å². The number of thioether (sulfide) groups is 1. The molecule has 0 bridgehead atoms. The smallest absolute Gasteiger partial charge is 0.269 e. The van der Waals surface area contributed by atoms with E-state index < -0.39 is 5.91 Å². The SMILES string of the molecule is COc1ccc(C(=O)NNC(=O)CSc2ncnc3c2cnn3-c2ccc(C)c(C)c2)cc1. The van der Waals surface area contributed by atoms with Gasteiger partial charge in [-0.3, -0.25) is 20.4 Å². The van der Waals surface area contributed by atoms with Gasteiger partial charge in [0, 0.05) is 5.56 Å². The van der Waals surface area contributed by atoms with Crippen LogP contribution in [0, 0.1) is 13.8 Å². The number of methoxy groups -OCH3 is 1. The van der Waals surface area contributed by atoms with Gasteiger partial charge in [-0.2, -0.15) is 5.10 Å². The van der Waals surface area contributed by atoms with Crippen molar-refractivity contribution in [3.63, 3.8) is 0 Å². The molecule has 168 valence electrons. The highest BCUT2D eigenvalue weighted by atomic mass is 32.2. The molecule has 0 fully saturated rings. The summed E-state index contributed by atoms with van der Waals surface area (Å²) in [5.74, 6) is -0.0849. The van der Waals surface area contributed by atoms with Gasteiger partial charge in [0.1, 0.15) is 17.1 Å². The maximum absolute atomic E-state index is 12.3. The van der Waals surface area contributed by atoms with Gasteiger partial charge in [0.15, 0.2) is 5.65 Å². The molecule has 0 aliphatic rings. The van der Waals surface area contributed by atoms with Crippen molar-refractivity contribution < 1.29 is 14.3 Å². The Bertz CT molecular complexity index is 1320. The number of rotatable bonds is 6. The summed E-state index contributed by atoms with van der Waals surface area (Å²) >= 11 is 1.24. The number of hydrogen-bond donors (Lipinski definition) is 2. The lowest BCUT2D eigenvalue weighted by Gasteiger charge is -2.08. The van der Waals surface area contributed by atoms with Crippen LogP contribution in [-0.4, -0.2) is 44.4 Å². The second-order valence-corrected chi connectivity index (χ2v) is 8.22. The molecule has 2 amide bonds. The van der Waals surface area contributed by atoms with Gasteiger partial charge in [0.2, 0.25) is 5.91 Å². The zero-order valence-electron chi connectivity index (χ0n) is 18.3. The second kappa shape index (κ2) is 9.70. The lowest BCUT2D eigenvalue weighted by atomic mass is 10.1. The Hall–Kier alpha value is -3.92. The van der Waals surface area contributed by atoms with Crippen molar-refractivity contribution in [2.45, 2.75) is 18.9 Å². The molecule has 4 rings (SSSR count). The van der Waals surface area contributed by atoms with Crippen LogP contribution in [0.15, 0.2) is 60.0 Å². The molecule has 9 nitrogen and oxygen atoms in total. The van der Waals surface area contributed by atoms with Crippen LogP contribution in [0.3, 0.4) is 0 Å². The minimum absolute atomic E-state index is 0.0594. The highest BCUT2D eigenvalue weighted by Crippen LogP contribution is 2.26. The first-order chi connectivity index (χ1) is 16.0. The second-order valence-electron chi connectivity index (χ2n) is 7.26. The fourth-order valence-electron chi connectivity index (χ4n) is 3.09. The quantitative estimate of drug-likeness (QED) is 0.257. The van der Waals surface area contributed by atoms with Crippen LogP contribution < -0.4 is 15.6 Å². The Balaban J connectivity index is 1.39. The monoisotopic (exact) mass is 462 g/mol. The maximum Gasteiger partial charge on any atom is 0.269 e. The van der Waals surface area contributed by atoms with Crippen LogP contribution in [0.5, 0.6) is 5.75 Å². The molecule has 0 radical (unpaired) electrons. The number of ether oxygens (including phenoxy) is 1. The summed E-state index contributed by atoms with van der Waals surface area (Å²) in [6.45, 7) is 4.11. The predicted octanol–water partition coefficient (Wildman–Crippen LogP) is 2.99. The van der Waals surface area contributed by atoms with Crippen molar-refractivity contribution in [1.29, 1.82) is 0 Å². The summed E-state index contributed by atoms with van der Waals surface area (Å²) in [4.78, 5) is 33.1. The Morgan fingerprint density at radius 1 is 1.03 bits per heavy atom. The molecule has 2 heterocycles. The van der Waals surface area contributed by atoms with Gasteiger partial charge >= 0.3 is 0 Å². The Morgan fingerprint density at radius 2 is 1.82 bits per heavy atom. The fourth-order valence-corrected chi connectivity index (χ4v) is 3.86. The third-order valence-electron chi connectivity index (χ3n) is 5.07. The van der Waals surface area contributed by atoms with Crippen LogP contribution in [-0.2, 0) is 4.79 Å². The number of carbonyl (C=O) groups is 2. The van der Waals surface area contributed by atoms with Crippen LogP contribution in [0.1, 0.15) is 21.5 Å². The zero-order valence-corrected chi connectivity index (χ0v) is 19.1. The molecule has 0 spiro atoms. The Morgan fingerprint density at radius 3 is 2.55 bits per heavy atom. The molecule has 0 saturated carbocycles. The largest absolute Gasteiger partial charge is 0.497 e. The standard InChI is InChI=1S/C23H22N6O3S/c1-14-4-7-17(10-15(14)2)29-21-19(11-26-29)23(25-13-24-21)33-12-20(30)27-28-22(31)16-5-8-18(32-3)9-6-16/h4-11,13H,12H2,1-3H3,(H,27,30)(H,28,31). The lowest BCUT2D eigenvalue weighted by Crippen LogP contribution is -2.42. The van der Waals surface area contributed by atoms with E-state index in [1.54, 1.807) is 42.3 Å². The third-order valence-corrected chi connectivity index (χ3v) is 6.08. The Labute approximate surface area is 194 Å². The van der Waals surface area contributed by atoms with E-state index in [1.165, 1.54) is 23.7 Å². The van der Waals surface area contributed by atoms with Crippen LogP contribution in [0.4, 0.5) is 0 Å². The summed E-state index contributed by atoms with van der Waals surface area (Å²) in [7, 11) is 1.55. The summed E-state index contributed by atoms with van der Waals surface area (Å²) in [6.07, 6.45) is 3.14. The van der Waals surface area contributed by atoms with Crippen molar-refractivity contribution in [1.82, 2.24) is 30.6 Å². The van der Waals surface area contributed by atoms with E-state index >= 15 is 0 Å². The number of nitrogens with one attached hydrogen (secondary N) is 2. The van der Waals surface area contributed by atoms with Gasteiger partial charge in [0.25, 0.3) is 5.91 Å². The number of carbonyl (C=O) groups excluding carboxylic acids is 2. The van der Waals surface area contributed by atoms with Crippen molar-refractivity contribution in [3.8, 4) is 11.4 Å². The highest BCUT2D eigenvalue weighted by Gasteiger charge is 2.14. The van der Waals surface area contributed by atoms with E-state index in [0.29, 0.717) is 22.0 Å². The lowest BCUT2D eigenvalue weighted by molar-refractivity contribution is -0.119. The molecule has 2 N–H and O–H groups in total. The Kier molecular flexibility index (Phi) is 6.55. The van der Waals surface area contributed by atoms with Crippen LogP contribution >= 0.6 is 11.8 Å². The molecule has 0 aliphatic heterocycles. The fraction of sp³-hybridized carbons (Fsp3) is 0.174. The first-order valence-electron chi connectivity index (χ1n) is 10.1. The summed E-state index contributed by atoms with van der Waals surface area (Å²) in [5.41, 5.74) is 9.14. The third kappa shape index (κ3) is 4.96. The van der Waals surface area contributed by atoms with Gasteiger partial charge in [-0.05, 0) is 61.4 Å². The van der Waals surface area contributed by atoms with Gasteiger partial charge in [-0.1, -0.05) is 17.8 Å². The summed E-state index contributed by atoms with van der Waals surface area (Å²) in [6, 6.07) is 12.6. The van der Waals surface area contributed by atoms with E-state index in [1.807, 2.05) is 19.1 Å². The number of fused-ring (bicyclic) bond motifs is 1. The molecule has 33 heavy (non-hydrogen) atoms. The topological polar surface area (TPSA) is 111 Å². The first kappa shape index (κ1) is 22.3. The van der Waals surface area contributed by atoms with E-state index in [9.17, 15) is 9.59 Å². The number of hydrogen-bond acceptors (Lipinski definition) is 7. The number of aryl methyl sites for hydroxylation is 2. The molecular formula is C23H22N6O3S. The zero-order chi connectivity index (χ0) is 23.4. The molecular weight excluding hydrogens is 440 g/mol. The van der Waals surface area contributed by atoms with Gasteiger partial charge in [0.05, 0.1) is 30.1 Å².